The number of hydrogen-bond acceptors (Lipinski definition) is 12. The Bertz CT molecular complexity index is 3280. The molecule has 15 nitrogen and oxygen atoms in total. The van der Waals surface area contributed by atoms with Crippen LogP contribution in [0.15, 0.2) is 55.4 Å². The van der Waals surface area contributed by atoms with Gasteiger partial charge in [-0.25, -0.2) is 35.1 Å². The van der Waals surface area contributed by atoms with Crippen LogP contribution in [0.25, 0.3) is 50.7 Å². The molecule has 0 aliphatic rings. The number of hydrogen-bond donors (Lipinski definition) is 3. The quantitative estimate of drug-likeness (QED) is 0.0784. The Kier molecular flexibility index (Phi) is 15.7. The van der Waals surface area contributed by atoms with E-state index < -0.39 is 75.7 Å². The Hall–Kier alpha value is -6.98. The van der Waals surface area contributed by atoms with Crippen LogP contribution in [0, 0.1) is 71.2 Å². The second-order valence-corrected chi connectivity index (χ2v) is 18.8. The molecule has 0 radical (unpaired) electrons. The first kappa shape index (κ1) is 51.5. The summed E-state index contributed by atoms with van der Waals surface area (Å²) in [5, 5.41) is 20.2. The molecule has 0 bridgehead atoms. The van der Waals surface area contributed by atoms with E-state index in [9.17, 15) is 35.1 Å². The zero-order valence-corrected chi connectivity index (χ0v) is 43.7. The molecule has 6 heterocycles. The molecule has 26 heteroatoms. The third kappa shape index (κ3) is 11.8. The van der Waals surface area contributed by atoms with Gasteiger partial charge in [-0.2, -0.15) is 58.7 Å². The molecule has 396 valence electrons. The number of rotatable bonds is 12. The standard InChI is InChI=1S/C17H18ClF2N5.2C16H15ClF3N5/c1-8(2)10(4)23-16-14(13-11(19)5-9(3)6-12(13)20)15(18)24-17-21-7-22-25(16)17;2*1-7(2)8(3)23-15-13(12-10(19)4-9(18)5-11(12)20)14(17)24-16-21-6-22-25(15)16/h5-8,10,23H,1-4H3;2*4-8,23H,1-3H3/t10-;8-;/m01./s1/i10D;2*8D. The van der Waals surface area contributed by atoms with Crippen molar-refractivity contribution in [2.45, 2.75) is 87.3 Å². The lowest BCUT2D eigenvalue weighted by Crippen LogP contribution is -2.24. The molecule has 6 aromatic heterocycles. The van der Waals surface area contributed by atoms with E-state index in [2.05, 4.69) is 61.2 Å². The first-order chi connectivity index (χ1) is 36.3. The van der Waals surface area contributed by atoms with Crippen LogP contribution in [0.1, 0.15) is 72.0 Å². The first-order valence-corrected chi connectivity index (χ1v) is 23.8. The van der Waals surface area contributed by atoms with E-state index in [-0.39, 0.29) is 90.3 Å². The minimum atomic E-state index is -1.23. The highest BCUT2D eigenvalue weighted by atomic mass is 35.5. The van der Waals surface area contributed by atoms with Gasteiger partial charge in [0.2, 0.25) is 0 Å². The molecular formula is C49H48Cl3F8N15. The summed E-state index contributed by atoms with van der Waals surface area (Å²) in [4.78, 5) is 23.8. The second-order valence-electron chi connectivity index (χ2n) is 17.8. The largest absolute Gasteiger partial charge is 0.367 e. The van der Waals surface area contributed by atoms with Gasteiger partial charge in [-0.05, 0) is 63.1 Å². The normalized spacial score (nSPS) is 14.6. The molecule has 75 heavy (non-hydrogen) atoms. The number of anilines is 3. The van der Waals surface area contributed by atoms with E-state index in [0.29, 0.717) is 29.8 Å². The van der Waals surface area contributed by atoms with Gasteiger partial charge in [0.1, 0.15) is 98.4 Å². The third-order valence-corrected chi connectivity index (χ3v) is 12.5. The summed E-state index contributed by atoms with van der Waals surface area (Å²) in [6, 6.07) is 1.00. The van der Waals surface area contributed by atoms with Gasteiger partial charge in [0, 0.05) is 42.3 Å². The van der Waals surface area contributed by atoms with E-state index in [1.165, 1.54) is 44.7 Å². The van der Waals surface area contributed by atoms with Gasteiger partial charge in [0.15, 0.2) is 0 Å². The summed E-state index contributed by atoms with van der Waals surface area (Å²) in [6.45, 7) is 17.4. The topological polar surface area (TPSA) is 165 Å². The van der Waals surface area contributed by atoms with E-state index in [1.54, 1.807) is 55.4 Å². The number of aryl methyl sites for hydroxylation is 1. The molecule has 9 aromatic rings. The first-order valence-electron chi connectivity index (χ1n) is 24.1. The molecule has 9 rings (SSSR count). The van der Waals surface area contributed by atoms with Gasteiger partial charge in [-0.15, -0.1) is 0 Å². The maximum Gasteiger partial charge on any atom is 0.255 e. The van der Waals surface area contributed by atoms with Crippen LogP contribution in [0.4, 0.5) is 52.6 Å². The fraction of sp³-hybridized carbons (Fsp3) is 0.327. The number of benzene rings is 3. The van der Waals surface area contributed by atoms with Gasteiger partial charge < -0.3 is 16.0 Å². The van der Waals surface area contributed by atoms with Crippen molar-refractivity contribution in [3.63, 3.8) is 0 Å². The average Bonchev–Trinajstić information content (AvgIpc) is 4.15. The van der Waals surface area contributed by atoms with E-state index in [4.69, 9.17) is 38.9 Å². The van der Waals surface area contributed by atoms with Gasteiger partial charge in [0.25, 0.3) is 17.3 Å². The van der Waals surface area contributed by atoms with E-state index in [1.807, 2.05) is 13.8 Å². The number of halogens is 11. The van der Waals surface area contributed by atoms with E-state index in [0.717, 1.165) is 0 Å². The zero-order valence-electron chi connectivity index (χ0n) is 44.5. The summed E-state index contributed by atoms with van der Waals surface area (Å²) >= 11 is 18.6. The Morgan fingerprint density at radius 3 is 0.893 bits per heavy atom. The molecule has 0 saturated carbocycles. The lowest BCUT2D eigenvalue weighted by Gasteiger charge is -2.22. The lowest BCUT2D eigenvalue weighted by molar-refractivity contribution is 0.545. The molecule has 0 aliphatic heterocycles. The fourth-order valence-corrected chi connectivity index (χ4v) is 7.73. The Balaban J connectivity index is 0.000000170. The van der Waals surface area contributed by atoms with Crippen LogP contribution in [-0.4, -0.2) is 76.8 Å². The van der Waals surface area contributed by atoms with Crippen molar-refractivity contribution in [2.75, 3.05) is 16.0 Å². The highest BCUT2D eigenvalue weighted by molar-refractivity contribution is 6.33. The molecule has 0 fully saturated rings. The molecule has 1 unspecified atom stereocenters. The Labute approximate surface area is 443 Å². The minimum Gasteiger partial charge on any atom is -0.367 e. The van der Waals surface area contributed by atoms with Crippen LogP contribution in [0.3, 0.4) is 0 Å². The summed E-state index contributed by atoms with van der Waals surface area (Å²) in [7, 11) is 0. The van der Waals surface area contributed by atoms with Crippen molar-refractivity contribution in [3.8, 4) is 33.4 Å². The summed E-state index contributed by atoms with van der Waals surface area (Å²) in [5.74, 6) is -8.16. The summed E-state index contributed by atoms with van der Waals surface area (Å²) < 4.78 is 142. The van der Waals surface area contributed by atoms with Gasteiger partial charge in [0.05, 0.1) is 37.5 Å². The second kappa shape index (κ2) is 22.9. The van der Waals surface area contributed by atoms with Gasteiger partial charge >= 0.3 is 0 Å². The maximum absolute atomic E-state index is 14.6. The Morgan fingerprint density at radius 1 is 0.413 bits per heavy atom. The fourth-order valence-electron chi connectivity index (χ4n) is 6.96. The highest BCUT2D eigenvalue weighted by Crippen LogP contribution is 2.41. The van der Waals surface area contributed by atoms with Crippen molar-refractivity contribution in [1.82, 2.24) is 58.7 Å². The molecule has 0 saturated heterocycles. The SMILES string of the molecule is [2H]C(C)(Nc1c(-c2c(F)cc(F)cc2F)c(Cl)nc2ncnn12)C(C)C.[2H][C@@](C)(Nc1c(-c2c(F)cc(C)cc2F)c(Cl)nc2ncnn12)C(C)C.[2H][C@](C)(Nc1c(-c2c(F)cc(F)cc2F)c(Cl)nc2ncnn12)C(C)C. The van der Waals surface area contributed by atoms with Gasteiger partial charge in [-0.3, -0.25) is 0 Å². The van der Waals surface area contributed by atoms with Crippen molar-refractivity contribution >= 4 is 69.6 Å². The predicted octanol–water partition coefficient (Wildman–Crippen LogP) is 13.1. The molecule has 0 aliphatic carbocycles. The third-order valence-electron chi connectivity index (χ3n) is 11.6. The predicted molar refractivity (Wildman–Crippen MR) is 272 cm³/mol. The minimum absolute atomic E-state index is 0.00112. The summed E-state index contributed by atoms with van der Waals surface area (Å²) in [6.07, 6.45) is 3.65. The van der Waals surface area contributed by atoms with Crippen LogP contribution in [-0.2, 0) is 0 Å². The molecule has 3 N–H and O–H groups in total. The number of aromatic nitrogens is 12. The monoisotopic (exact) mass is 1110 g/mol. The van der Waals surface area contributed by atoms with Crippen molar-refractivity contribution in [2.24, 2.45) is 17.8 Å². The number of fused-ring (bicyclic) bond motifs is 3. The van der Waals surface area contributed by atoms with E-state index >= 15 is 0 Å². The van der Waals surface area contributed by atoms with Crippen LogP contribution >= 0.6 is 34.8 Å². The number of nitrogens with zero attached hydrogens (tertiary/aromatic N) is 12. The lowest BCUT2D eigenvalue weighted by atomic mass is 10.0. The highest BCUT2D eigenvalue weighted by Gasteiger charge is 2.29. The Morgan fingerprint density at radius 2 is 0.653 bits per heavy atom. The van der Waals surface area contributed by atoms with Crippen LogP contribution in [0.2, 0.25) is 15.5 Å². The smallest absolute Gasteiger partial charge is 0.255 e. The van der Waals surface area contributed by atoms with Crippen molar-refractivity contribution in [1.29, 1.82) is 0 Å². The molecule has 3 aromatic carbocycles. The average molecular weight is 1110 g/mol. The summed E-state index contributed by atoms with van der Waals surface area (Å²) in [5.41, 5.74) is -1.35. The van der Waals surface area contributed by atoms with Crippen molar-refractivity contribution < 1.29 is 39.2 Å². The molecular weight excluding hydrogens is 1060 g/mol. The molecule has 0 spiro atoms. The maximum atomic E-state index is 14.6. The number of nitrogens with one attached hydrogen (secondary N) is 3. The molecule has 0 amide bonds. The zero-order chi connectivity index (χ0) is 57.7. The van der Waals surface area contributed by atoms with Crippen LogP contribution < -0.4 is 16.0 Å². The van der Waals surface area contributed by atoms with Gasteiger partial charge in [-0.1, -0.05) is 76.3 Å². The molecule has 3 atom stereocenters. The van der Waals surface area contributed by atoms with Crippen molar-refractivity contribution in [3.05, 3.63) is 123 Å². The van der Waals surface area contributed by atoms with Crippen LogP contribution in [0.5, 0.6) is 0 Å².